The molecule has 0 bridgehead atoms. The van der Waals surface area contributed by atoms with Crippen LogP contribution < -0.4 is 16.4 Å². The van der Waals surface area contributed by atoms with Crippen molar-refractivity contribution in [2.24, 2.45) is 9.98 Å². The van der Waals surface area contributed by atoms with Crippen molar-refractivity contribution in [3.8, 4) is 0 Å². The normalized spacial score (nSPS) is 15.8. The molecule has 0 saturated carbocycles. The summed E-state index contributed by atoms with van der Waals surface area (Å²) in [6.45, 7) is 2.16. The molecule has 0 fully saturated rings. The van der Waals surface area contributed by atoms with Gasteiger partial charge in [0.15, 0.2) is 0 Å². The molecule has 0 aromatic heterocycles. The molecule has 2 aliphatic rings. The monoisotopic (exact) mass is 416 g/mol. The van der Waals surface area contributed by atoms with E-state index in [1.54, 1.807) is 6.07 Å². The van der Waals surface area contributed by atoms with Crippen LogP contribution in [0.15, 0.2) is 46.4 Å². The number of nitro groups is 1. The second-order valence-corrected chi connectivity index (χ2v) is 6.57. The molecule has 12 heteroatoms. The first-order chi connectivity index (χ1) is 14.4. The second-order valence-electron chi connectivity index (χ2n) is 6.57. The van der Waals surface area contributed by atoms with E-state index in [-0.39, 0.29) is 5.69 Å². The zero-order valence-electron chi connectivity index (χ0n) is 15.7. The molecule has 2 heterocycles. The Morgan fingerprint density at radius 3 is 2.00 bits per heavy atom. The Morgan fingerprint density at radius 1 is 0.933 bits per heavy atom. The molecule has 0 unspecified atom stereocenters. The molecule has 0 saturated heterocycles. The van der Waals surface area contributed by atoms with E-state index < -0.39 is 22.2 Å². The van der Waals surface area contributed by atoms with Gasteiger partial charge in [0.25, 0.3) is 0 Å². The summed E-state index contributed by atoms with van der Waals surface area (Å²) in [5, 5.41) is 20.8. The maximum Gasteiger partial charge on any atom is 0.306 e. The molecule has 0 amide bonds. The maximum absolute atomic E-state index is 13.6. The quantitative estimate of drug-likeness (QED) is 0.397. The molecule has 156 valence electrons. The fourth-order valence-electron chi connectivity index (χ4n) is 3.16. The molecule has 2 aromatic rings. The summed E-state index contributed by atoms with van der Waals surface area (Å²) in [7, 11) is 0. The molecule has 30 heavy (non-hydrogen) atoms. The Bertz CT molecular complexity index is 1060. The molecule has 4 N–H and O–H groups in total. The summed E-state index contributed by atoms with van der Waals surface area (Å²) in [5.41, 5.74) is 5.94. The predicted octanol–water partition coefficient (Wildman–Crippen LogP) is 2.24. The highest BCUT2D eigenvalue weighted by molar-refractivity contribution is 6.00. The van der Waals surface area contributed by atoms with E-state index in [1.807, 2.05) is 10.0 Å². The Labute approximate surface area is 169 Å². The van der Waals surface area contributed by atoms with Crippen molar-refractivity contribution in [1.82, 2.24) is 10.0 Å². The summed E-state index contributed by atoms with van der Waals surface area (Å²) < 4.78 is 27.0. The smallest absolute Gasteiger partial charge is 0.306 e. The third kappa shape index (κ3) is 3.79. The highest BCUT2D eigenvalue weighted by Crippen LogP contribution is 2.23. The number of hydrazine groups is 1. The van der Waals surface area contributed by atoms with Crippen LogP contribution in [-0.4, -0.2) is 53.0 Å². The number of rotatable bonds is 4. The highest BCUT2D eigenvalue weighted by atomic mass is 19.1. The van der Waals surface area contributed by atoms with Gasteiger partial charge in [0.1, 0.15) is 5.82 Å². The van der Waals surface area contributed by atoms with Crippen molar-refractivity contribution in [3.63, 3.8) is 0 Å². The number of nitrogens with two attached hydrogens (primary N) is 1. The van der Waals surface area contributed by atoms with Gasteiger partial charge in [-0.15, -0.1) is 0 Å². The number of hydrogen-bond donors (Lipinski definition) is 3. The Balaban J connectivity index is 1.50. The van der Waals surface area contributed by atoms with Crippen LogP contribution in [0.3, 0.4) is 0 Å². The highest BCUT2D eigenvalue weighted by Gasteiger charge is 2.29. The summed E-state index contributed by atoms with van der Waals surface area (Å²) in [5.74, 6) is -0.432. The third-order valence-corrected chi connectivity index (χ3v) is 4.58. The largest absolute Gasteiger partial charge is 0.396 e. The average molecular weight is 416 g/mol. The van der Waals surface area contributed by atoms with Gasteiger partial charge in [-0.1, -0.05) is 0 Å². The van der Waals surface area contributed by atoms with Crippen LogP contribution in [0.25, 0.3) is 0 Å². The molecular weight excluding hydrogens is 398 g/mol. The van der Waals surface area contributed by atoms with Crippen LogP contribution >= 0.6 is 0 Å². The molecule has 0 aliphatic carbocycles. The minimum Gasteiger partial charge on any atom is -0.396 e. The topological polar surface area (TPSA) is 124 Å². The van der Waals surface area contributed by atoms with Crippen molar-refractivity contribution in [3.05, 3.63) is 58.1 Å². The van der Waals surface area contributed by atoms with E-state index in [1.165, 1.54) is 18.2 Å². The van der Waals surface area contributed by atoms with Gasteiger partial charge >= 0.3 is 5.69 Å². The van der Waals surface area contributed by atoms with E-state index in [0.717, 1.165) is 12.1 Å². The van der Waals surface area contributed by atoms with E-state index in [4.69, 9.17) is 5.73 Å². The standard InChI is InChI=1S/C18H18F2N8O2/c19-13-3-1-11(9-15(13)21)24-17-22-5-7-26(17)27-8-6-23-18(27)25-12-2-4-14(20)16(10-12)28(29)30/h1-4,9-10H,5-8,21H2,(H,22,24)(H,23,25). The van der Waals surface area contributed by atoms with E-state index >= 15 is 0 Å². The molecule has 0 radical (unpaired) electrons. The van der Waals surface area contributed by atoms with Crippen LogP contribution in [0.1, 0.15) is 0 Å². The number of nitrogens with zero attached hydrogens (tertiary/aromatic N) is 5. The lowest BCUT2D eigenvalue weighted by Gasteiger charge is -2.33. The molecule has 2 aliphatic heterocycles. The lowest BCUT2D eigenvalue weighted by Crippen LogP contribution is -2.51. The SMILES string of the molecule is Nc1cc(NC2=NCCN2N2CCN=C2Nc2ccc(F)c([N+](=O)[O-])c2)ccc1F. The number of halogens is 2. The number of nitro benzene ring substituents is 1. The number of guanidine groups is 2. The summed E-state index contributed by atoms with van der Waals surface area (Å²) in [6.07, 6.45) is 0. The van der Waals surface area contributed by atoms with Gasteiger partial charge in [0.2, 0.25) is 17.7 Å². The summed E-state index contributed by atoms with van der Waals surface area (Å²) in [4.78, 5) is 19.0. The number of hydrogen-bond acceptors (Lipinski definition) is 9. The van der Waals surface area contributed by atoms with Crippen molar-refractivity contribution < 1.29 is 13.7 Å². The lowest BCUT2D eigenvalue weighted by atomic mass is 10.2. The Hall–Kier alpha value is -3.96. The number of nitrogen functional groups attached to an aromatic ring is 1. The first-order valence-corrected chi connectivity index (χ1v) is 9.09. The van der Waals surface area contributed by atoms with Gasteiger partial charge < -0.3 is 16.4 Å². The van der Waals surface area contributed by atoms with Crippen LogP contribution in [0.5, 0.6) is 0 Å². The molecule has 0 atom stereocenters. The van der Waals surface area contributed by atoms with E-state index in [0.29, 0.717) is 49.5 Å². The van der Waals surface area contributed by atoms with Crippen LogP contribution in [-0.2, 0) is 0 Å². The van der Waals surface area contributed by atoms with Gasteiger partial charge in [-0.2, -0.15) is 4.39 Å². The fraction of sp³-hybridized carbons (Fsp3) is 0.222. The van der Waals surface area contributed by atoms with Gasteiger partial charge in [-0.05, 0) is 30.3 Å². The van der Waals surface area contributed by atoms with Crippen molar-refractivity contribution >= 4 is 34.7 Å². The van der Waals surface area contributed by atoms with Crippen LogP contribution in [0, 0.1) is 21.7 Å². The van der Waals surface area contributed by atoms with Gasteiger partial charge in [0, 0.05) is 17.4 Å². The molecule has 4 rings (SSSR count). The number of nitrogens with one attached hydrogen (secondary N) is 2. The number of benzene rings is 2. The fourth-order valence-corrected chi connectivity index (χ4v) is 3.16. The Kier molecular flexibility index (Phi) is 5.04. The van der Waals surface area contributed by atoms with Crippen molar-refractivity contribution in [2.45, 2.75) is 0 Å². The summed E-state index contributed by atoms with van der Waals surface area (Å²) in [6, 6.07) is 7.85. The zero-order valence-corrected chi connectivity index (χ0v) is 15.7. The van der Waals surface area contributed by atoms with Crippen LogP contribution in [0.2, 0.25) is 0 Å². The van der Waals surface area contributed by atoms with E-state index in [2.05, 4.69) is 20.6 Å². The van der Waals surface area contributed by atoms with Crippen molar-refractivity contribution in [2.75, 3.05) is 42.5 Å². The van der Waals surface area contributed by atoms with Gasteiger partial charge in [-0.3, -0.25) is 10.1 Å². The van der Waals surface area contributed by atoms with Gasteiger partial charge in [0.05, 0.1) is 36.8 Å². The first kappa shape index (κ1) is 19.4. The maximum atomic E-state index is 13.6. The molecule has 0 spiro atoms. The Morgan fingerprint density at radius 2 is 1.47 bits per heavy atom. The second kappa shape index (κ2) is 7.81. The third-order valence-electron chi connectivity index (χ3n) is 4.58. The minimum absolute atomic E-state index is 0.0214. The number of anilines is 3. The van der Waals surface area contributed by atoms with E-state index in [9.17, 15) is 18.9 Å². The zero-order chi connectivity index (χ0) is 21.3. The molecule has 2 aromatic carbocycles. The minimum atomic E-state index is -0.910. The molecular formula is C18H18F2N8O2. The van der Waals surface area contributed by atoms with Gasteiger partial charge in [-0.25, -0.2) is 24.4 Å². The predicted molar refractivity (Wildman–Crippen MR) is 109 cm³/mol. The van der Waals surface area contributed by atoms with Crippen LogP contribution in [0.4, 0.5) is 31.5 Å². The first-order valence-electron chi connectivity index (χ1n) is 9.09. The average Bonchev–Trinajstić information content (AvgIpc) is 3.35. The summed E-state index contributed by atoms with van der Waals surface area (Å²) >= 11 is 0. The molecule has 10 nitrogen and oxygen atoms in total. The number of aliphatic imine (C=N–C) groups is 2. The van der Waals surface area contributed by atoms with Crippen molar-refractivity contribution in [1.29, 1.82) is 0 Å². The lowest BCUT2D eigenvalue weighted by molar-refractivity contribution is -0.387.